The second kappa shape index (κ2) is 6.57. The van der Waals surface area contributed by atoms with Gasteiger partial charge in [-0.1, -0.05) is 52.0 Å². The minimum atomic E-state index is 0.426. The van der Waals surface area contributed by atoms with Gasteiger partial charge < -0.3 is 5.32 Å². The van der Waals surface area contributed by atoms with Gasteiger partial charge in [0, 0.05) is 16.9 Å². The highest BCUT2D eigenvalue weighted by Crippen LogP contribution is 2.31. The number of para-hydroxylation sites is 1. The van der Waals surface area contributed by atoms with E-state index in [-0.39, 0.29) is 0 Å². The molecular weight excluding hydrogens is 258 g/mol. The molecule has 0 radical (unpaired) electrons. The van der Waals surface area contributed by atoms with Crippen molar-refractivity contribution in [2.45, 2.75) is 39.5 Å². The number of hydrogen-bond acceptors (Lipinski definition) is 2. The molecule has 0 unspecified atom stereocenters. The maximum absolute atomic E-state index is 11.1. The largest absolute Gasteiger partial charge is 0.355 e. The van der Waals surface area contributed by atoms with Crippen molar-refractivity contribution in [2.24, 2.45) is 0 Å². The molecule has 1 N–H and O–H groups in total. The molecule has 2 aromatic carbocycles. The number of benzene rings is 2. The molecule has 0 saturated heterocycles. The molecular formula is C19H23NO. The van der Waals surface area contributed by atoms with Crippen LogP contribution < -0.4 is 5.32 Å². The second-order valence-electron chi connectivity index (χ2n) is 5.99. The first kappa shape index (κ1) is 15.3. The third kappa shape index (κ3) is 3.52. The molecule has 21 heavy (non-hydrogen) atoms. The van der Waals surface area contributed by atoms with E-state index in [1.165, 1.54) is 11.1 Å². The highest BCUT2D eigenvalue weighted by Gasteiger charge is 2.11. The average Bonchev–Trinajstić information content (AvgIpc) is 2.47. The van der Waals surface area contributed by atoms with Crippen molar-refractivity contribution in [1.29, 1.82) is 0 Å². The first-order valence-corrected chi connectivity index (χ1v) is 7.48. The third-order valence-corrected chi connectivity index (χ3v) is 3.72. The van der Waals surface area contributed by atoms with E-state index in [9.17, 15) is 4.79 Å². The van der Waals surface area contributed by atoms with E-state index in [1.807, 2.05) is 24.3 Å². The molecule has 110 valence electrons. The summed E-state index contributed by atoms with van der Waals surface area (Å²) in [6, 6.07) is 14.1. The molecule has 0 aliphatic heterocycles. The van der Waals surface area contributed by atoms with E-state index in [0.717, 1.165) is 17.7 Å². The third-order valence-electron chi connectivity index (χ3n) is 3.72. The Morgan fingerprint density at radius 3 is 2.24 bits per heavy atom. The Labute approximate surface area is 127 Å². The van der Waals surface area contributed by atoms with Crippen LogP contribution in [0, 0.1) is 0 Å². The van der Waals surface area contributed by atoms with Crippen LogP contribution in [0.5, 0.6) is 0 Å². The minimum absolute atomic E-state index is 0.426. The highest BCUT2D eigenvalue weighted by molar-refractivity contribution is 5.86. The number of carbonyl (C=O) groups excluding carboxylic acids is 1. The van der Waals surface area contributed by atoms with Crippen LogP contribution in [-0.4, -0.2) is 6.29 Å². The van der Waals surface area contributed by atoms with Crippen LogP contribution in [0.2, 0.25) is 0 Å². The minimum Gasteiger partial charge on any atom is -0.355 e. The van der Waals surface area contributed by atoms with E-state index in [4.69, 9.17) is 0 Å². The van der Waals surface area contributed by atoms with Crippen LogP contribution in [-0.2, 0) is 0 Å². The van der Waals surface area contributed by atoms with Crippen LogP contribution in [0.1, 0.15) is 61.0 Å². The lowest BCUT2D eigenvalue weighted by Gasteiger charge is -2.18. The number of nitrogens with one attached hydrogen (secondary N) is 1. The van der Waals surface area contributed by atoms with Gasteiger partial charge in [0.05, 0.1) is 0 Å². The predicted octanol–water partition coefficient (Wildman–Crippen LogP) is 5.49. The number of rotatable bonds is 5. The van der Waals surface area contributed by atoms with Gasteiger partial charge in [-0.25, -0.2) is 0 Å². The zero-order valence-electron chi connectivity index (χ0n) is 13.2. The molecule has 2 nitrogen and oxygen atoms in total. The molecule has 0 atom stereocenters. The molecule has 0 heterocycles. The van der Waals surface area contributed by atoms with Crippen molar-refractivity contribution in [1.82, 2.24) is 0 Å². The van der Waals surface area contributed by atoms with Gasteiger partial charge in [0.2, 0.25) is 0 Å². The lowest BCUT2D eigenvalue weighted by molar-refractivity contribution is 0.112. The summed E-state index contributed by atoms with van der Waals surface area (Å²) in [6.07, 6.45) is 0.889. The quantitative estimate of drug-likeness (QED) is 0.734. The Balaban J connectivity index is 2.41. The zero-order valence-corrected chi connectivity index (χ0v) is 13.2. The van der Waals surface area contributed by atoms with Crippen LogP contribution in [0.4, 0.5) is 11.4 Å². The summed E-state index contributed by atoms with van der Waals surface area (Å²) in [5.41, 5.74) is 5.23. The Kier molecular flexibility index (Phi) is 4.79. The van der Waals surface area contributed by atoms with Gasteiger partial charge in [-0.05, 0) is 41.2 Å². The van der Waals surface area contributed by atoms with Crippen molar-refractivity contribution in [2.75, 3.05) is 5.32 Å². The van der Waals surface area contributed by atoms with Crippen molar-refractivity contribution in [3.05, 3.63) is 59.2 Å². The van der Waals surface area contributed by atoms with Gasteiger partial charge in [0.25, 0.3) is 0 Å². The summed E-state index contributed by atoms with van der Waals surface area (Å²) < 4.78 is 0. The van der Waals surface area contributed by atoms with Gasteiger partial charge >= 0.3 is 0 Å². The summed E-state index contributed by atoms with van der Waals surface area (Å²) in [5.74, 6) is 0.938. The van der Waals surface area contributed by atoms with Gasteiger partial charge in [-0.2, -0.15) is 0 Å². The van der Waals surface area contributed by atoms with E-state index in [1.54, 1.807) is 0 Å². The van der Waals surface area contributed by atoms with Crippen molar-refractivity contribution < 1.29 is 4.79 Å². The van der Waals surface area contributed by atoms with Gasteiger partial charge in [-0.3, -0.25) is 4.79 Å². The first-order chi connectivity index (χ1) is 10.0. The normalized spacial score (nSPS) is 11.0. The Hall–Kier alpha value is -2.09. The van der Waals surface area contributed by atoms with E-state index < -0.39 is 0 Å². The van der Waals surface area contributed by atoms with E-state index in [2.05, 4.69) is 51.2 Å². The molecule has 0 saturated carbocycles. The molecule has 0 aliphatic rings. The predicted molar refractivity (Wildman–Crippen MR) is 89.7 cm³/mol. The van der Waals surface area contributed by atoms with Crippen LogP contribution >= 0.6 is 0 Å². The van der Waals surface area contributed by atoms with Crippen molar-refractivity contribution in [3.63, 3.8) is 0 Å². The number of hydrogen-bond donors (Lipinski definition) is 1. The summed E-state index contributed by atoms with van der Waals surface area (Å²) in [4.78, 5) is 11.1. The maximum Gasteiger partial charge on any atom is 0.152 e. The molecule has 0 spiro atoms. The maximum atomic E-state index is 11.1. The van der Waals surface area contributed by atoms with Gasteiger partial charge in [0.1, 0.15) is 0 Å². The van der Waals surface area contributed by atoms with Crippen molar-refractivity contribution >= 4 is 17.7 Å². The standard InChI is InChI=1S/C19H23NO/c1-13(2)15-9-10-19(17(11-15)14(3)4)20-18-8-6-5-7-16(18)12-21/h5-14,20H,1-4H3. The molecule has 0 fully saturated rings. The fraction of sp³-hybridized carbons (Fsp3) is 0.316. The molecule has 2 aromatic rings. The zero-order chi connectivity index (χ0) is 15.4. The topological polar surface area (TPSA) is 29.1 Å². The van der Waals surface area contributed by atoms with E-state index in [0.29, 0.717) is 17.4 Å². The summed E-state index contributed by atoms with van der Waals surface area (Å²) >= 11 is 0. The number of aldehydes is 1. The van der Waals surface area contributed by atoms with Crippen LogP contribution in [0.15, 0.2) is 42.5 Å². The Bertz CT molecular complexity index is 629. The Morgan fingerprint density at radius 1 is 0.905 bits per heavy atom. The monoisotopic (exact) mass is 281 g/mol. The number of anilines is 2. The highest BCUT2D eigenvalue weighted by atomic mass is 16.1. The fourth-order valence-corrected chi connectivity index (χ4v) is 2.39. The van der Waals surface area contributed by atoms with Crippen molar-refractivity contribution in [3.8, 4) is 0 Å². The SMILES string of the molecule is CC(C)c1ccc(Nc2ccccc2C=O)c(C(C)C)c1. The molecule has 0 bridgehead atoms. The fourth-order valence-electron chi connectivity index (χ4n) is 2.39. The van der Waals surface area contributed by atoms with Gasteiger partial charge in [-0.15, -0.1) is 0 Å². The summed E-state index contributed by atoms with van der Waals surface area (Å²) in [7, 11) is 0. The van der Waals surface area contributed by atoms with Gasteiger partial charge in [0.15, 0.2) is 6.29 Å². The molecule has 2 heteroatoms. The molecule has 0 aliphatic carbocycles. The molecule has 2 rings (SSSR count). The lowest BCUT2D eigenvalue weighted by atomic mass is 9.94. The van der Waals surface area contributed by atoms with E-state index >= 15 is 0 Å². The summed E-state index contributed by atoms with van der Waals surface area (Å²) in [6.45, 7) is 8.79. The summed E-state index contributed by atoms with van der Waals surface area (Å²) in [5, 5.41) is 3.41. The molecule has 0 amide bonds. The van der Waals surface area contributed by atoms with Crippen LogP contribution in [0.3, 0.4) is 0 Å². The average molecular weight is 281 g/mol. The lowest BCUT2D eigenvalue weighted by Crippen LogP contribution is -2.02. The first-order valence-electron chi connectivity index (χ1n) is 7.48. The smallest absolute Gasteiger partial charge is 0.152 e. The molecule has 0 aromatic heterocycles. The number of carbonyl (C=O) groups is 1. The Morgan fingerprint density at radius 2 is 1.62 bits per heavy atom. The van der Waals surface area contributed by atoms with Crippen LogP contribution in [0.25, 0.3) is 0 Å². The second-order valence-corrected chi connectivity index (χ2v) is 5.99.